The first kappa shape index (κ1) is 16.6. The molecule has 6 nitrogen and oxygen atoms in total. The van der Waals surface area contributed by atoms with E-state index in [1.165, 1.54) is 0 Å². The van der Waals surface area contributed by atoms with E-state index < -0.39 is 0 Å². The van der Waals surface area contributed by atoms with Gasteiger partial charge in [-0.15, -0.1) is 0 Å². The molecule has 4 rings (SSSR count). The summed E-state index contributed by atoms with van der Waals surface area (Å²) in [5, 5.41) is 4.30. The second-order valence-corrected chi connectivity index (χ2v) is 6.81. The lowest BCUT2D eigenvalue weighted by atomic mass is 10.00. The molecule has 0 radical (unpaired) electrons. The van der Waals surface area contributed by atoms with Crippen LogP contribution >= 0.6 is 0 Å². The van der Waals surface area contributed by atoms with E-state index in [0.29, 0.717) is 0 Å². The van der Waals surface area contributed by atoms with E-state index in [2.05, 4.69) is 10.1 Å². The molecule has 134 valence electrons. The van der Waals surface area contributed by atoms with E-state index in [9.17, 15) is 4.79 Å². The maximum atomic E-state index is 13.2. The van der Waals surface area contributed by atoms with Gasteiger partial charge in [0, 0.05) is 43.4 Å². The maximum Gasteiger partial charge on any atom is 0.254 e. The largest absolute Gasteiger partial charge is 0.334 e. The monoisotopic (exact) mass is 349 g/mol. The first-order valence-corrected chi connectivity index (χ1v) is 9.13. The van der Waals surface area contributed by atoms with Crippen LogP contribution in [0.1, 0.15) is 35.2 Å². The Morgan fingerprint density at radius 2 is 2.12 bits per heavy atom. The number of aromatic nitrogens is 4. The van der Waals surface area contributed by atoms with E-state index in [4.69, 9.17) is 0 Å². The molecule has 0 spiro atoms. The molecule has 2 aromatic heterocycles. The molecule has 0 saturated carbocycles. The highest BCUT2D eigenvalue weighted by molar-refractivity contribution is 5.94. The zero-order chi connectivity index (χ0) is 17.8. The second kappa shape index (κ2) is 7.56. The average Bonchev–Trinajstić information content (AvgIpc) is 3.36. The minimum absolute atomic E-state index is 0.120. The Morgan fingerprint density at radius 3 is 2.92 bits per heavy atom. The normalized spacial score (nSPS) is 17.4. The summed E-state index contributed by atoms with van der Waals surface area (Å²) in [6.45, 7) is 2.29. The topological polar surface area (TPSA) is 56.0 Å². The fraction of sp³-hybridized carbons (Fsp3) is 0.350. The first-order valence-electron chi connectivity index (χ1n) is 9.13. The van der Waals surface area contributed by atoms with E-state index in [-0.39, 0.29) is 11.9 Å². The molecule has 6 heteroatoms. The lowest BCUT2D eigenvalue weighted by Gasteiger charge is -2.36. The molecular weight excluding hydrogens is 326 g/mol. The highest BCUT2D eigenvalue weighted by Crippen LogP contribution is 2.21. The van der Waals surface area contributed by atoms with Gasteiger partial charge in [-0.1, -0.05) is 12.1 Å². The minimum atomic E-state index is 0.120. The number of amides is 1. The summed E-state index contributed by atoms with van der Waals surface area (Å²) < 4.78 is 3.93. The van der Waals surface area contributed by atoms with Crippen LogP contribution in [0.2, 0.25) is 0 Å². The highest BCUT2D eigenvalue weighted by atomic mass is 16.2. The zero-order valence-electron chi connectivity index (χ0n) is 14.7. The molecule has 1 amide bonds. The number of rotatable bonds is 5. The number of nitrogens with zero attached hydrogens (tertiary/aromatic N) is 5. The Kier molecular flexibility index (Phi) is 4.82. The van der Waals surface area contributed by atoms with Gasteiger partial charge in [0.1, 0.15) is 0 Å². The number of carbonyl (C=O) groups excluding carboxylic acids is 1. The van der Waals surface area contributed by atoms with Crippen LogP contribution in [0.3, 0.4) is 0 Å². The summed E-state index contributed by atoms with van der Waals surface area (Å²) in [5.41, 5.74) is 1.87. The Bertz CT molecular complexity index is 841. The summed E-state index contributed by atoms with van der Waals surface area (Å²) in [6.07, 6.45) is 12.5. The summed E-state index contributed by atoms with van der Waals surface area (Å²) in [7, 11) is 0. The third-order valence-corrected chi connectivity index (χ3v) is 4.94. The number of carbonyl (C=O) groups is 1. The van der Waals surface area contributed by atoms with Gasteiger partial charge in [0.15, 0.2) is 0 Å². The molecule has 0 aliphatic carbocycles. The van der Waals surface area contributed by atoms with Gasteiger partial charge in [-0.3, -0.25) is 9.48 Å². The van der Waals surface area contributed by atoms with Crippen LogP contribution in [-0.4, -0.2) is 42.7 Å². The number of piperidine rings is 1. The van der Waals surface area contributed by atoms with Gasteiger partial charge in [-0.2, -0.15) is 5.10 Å². The van der Waals surface area contributed by atoms with Crippen molar-refractivity contribution in [2.75, 3.05) is 6.54 Å². The molecule has 0 bridgehead atoms. The second-order valence-electron chi connectivity index (χ2n) is 6.81. The van der Waals surface area contributed by atoms with E-state index in [1.807, 2.05) is 56.9 Å². The summed E-state index contributed by atoms with van der Waals surface area (Å²) in [6, 6.07) is 10.1. The van der Waals surface area contributed by atoms with Crippen LogP contribution in [0.4, 0.5) is 0 Å². The fourth-order valence-corrected chi connectivity index (χ4v) is 3.64. The molecule has 1 atom stereocenters. The van der Waals surface area contributed by atoms with Crippen molar-refractivity contribution in [3.63, 3.8) is 0 Å². The standard InChI is InChI=1S/C20H23N5O/c26-20(18-6-3-5-17(13-18)14-23-12-9-21-16-23)25-11-2-1-7-19(25)15-24-10-4-8-22-24/h3-6,8-10,12-13,16,19H,1-2,7,11,14-15H2/t19-/m0/s1. The van der Waals surface area contributed by atoms with Crippen molar-refractivity contribution >= 4 is 5.91 Å². The predicted molar refractivity (Wildman–Crippen MR) is 98.7 cm³/mol. The molecule has 3 heterocycles. The van der Waals surface area contributed by atoms with Crippen molar-refractivity contribution < 1.29 is 4.79 Å². The smallest absolute Gasteiger partial charge is 0.254 e. The Labute approximate surface area is 153 Å². The van der Waals surface area contributed by atoms with Gasteiger partial charge < -0.3 is 9.47 Å². The van der Waals surface area contributed by atoms with Crippen LogP contribution in [0.5, 0.6) is 0 Å². The van der Waals surface area contributed by atoms with Crippen LogP contribution in [-0.2, 0) is 13.1 Å². The fourth-order valence-electron chi connectivity index (χ4n) is 3.64. The lowest BCUT2D eigenvalue weighted by Crippen LogP contribution is -2.46. The third kappa shape index (κ3) is 3.69. The molecule has 1 aliphatic rings. The van der Waals surface area contributed by atoms with Gasteiger partial charge in [0.25, 0.3) is 5.91 Å². The lowest BCUT2D eigenvalue weighted by molar-refractivity contribution is 0.0584. The first-order chi connectivity index (χ1) is 12.8. The van der Waals surface area contributed by atoms with Crippen molar-refractivity contribution in [2.24, 2.45) is 0 Å². The van der Waals surface area contributed by atoms with Crippen molar-refractivity contribution in [2.45, 2.75) is 38.4 Å². The third-order valence-electron chi connectivity index (χ3n) is 4.94. The quantitative estimate of drug-likeness (QED) is 0.712. The predicted octanol–water partition coefficient (Wildman–Crippen LogP) is 2.82. The molecule has 1 aliphatic heterocycles. The van der Waals surface area contributed by atoms with Crippen LogP contribution in [0, 0.1) is 0 Å². The molecule has 1 fully saturated rings. The molecule has 0 unspecified atom stereocenters. The average molecular weight is 349 g/mol. The molecule has 3 aromatic rings. The molecule has 1 saturated heterocycles. The van der Waals surface area contributed by atoms with Crippen molar-refractivity contribution in [3.8, 4) is 0 Å². The molecule has 26 heavy (non-hydrogen) atoms. The van der Waals surface area contributed by atoms with Crippen molar-refractivity contribution in [3.05, 3.63) is 72.6 Å². The van der Waals surface area contributed by atoms with E-state index in [1.54, 1.807) is 18.7 Å². The number of hydrogen-bond acceptors (Lipinski definition) is 3. The summed E-state index contributed by atoms with van der Waals surface area (Å²) in [4.78, 5) is 19.3. The SMILES string of the molecule is O=C(c1cccc(Cn2ccnc2)c1)N1CCCC[C@H]1Cn1cccn1. The minimum Gasteiger partial charge on any atom is -0.334 e. The van der Waals surface area contributed by atoms with Gasteiger partial charge in [-0.05, 0) is 43.0 Å². The van der Waals surface area contributed by atoms with Gasteiger partial charge in [-0.25, -0.2) is 4.98 Å². The van der Waals surface area contributed by atoms with Crippen LogP contribution < -0.4 is 0 Å². The maximum absolute atomic E-state index is 13.2. The van der Waals surface area contributed by atoms with Crippen molar-refractivity contribution in [1.29, 1.82) is 0 Å². The van der Waals surface area contributed by atoms with Gasteiger partial charge in [0.2, 0.25) is 0 Å². The van der Waals surface area contributed by atoms with E-state index in [0.717, 1.165) is 50.0 Å². The van der Waals surface area contributed by atoms with Crippen LogP contribution in [0.25, 0.3) is 0 Å². The Hall–Kier alpha value is -2.89. The van der Waals surface area contributed by atoms with Crippen molar-refractivity contribution in [1.82, 2.24) is 24.2 Å². The molecule has 1 aromatic carbocycles. The summed E-state index contributed by atoms with van der Waals surface area (Å²) in [5.74, 6) is 0.120. The number of likely N-dealkylation sites (tertiary alicyclic amines) is 1. The van der Waals surface area contributed by atoms with E-state index >= 15 is 0 Å². The zero-order valence-corrected chi connectivity index (χ0v) is 14.7. The Morgan fingerprint density at radius 1 is 1.15 bits per heavy atom. The number of imidazole rings is 1. The highest BCUT2D eigenvalue weighted by Gasteiger charge is 2.28. The number of hydrogen-bond donors (Lipinski definition) is 0. The van der Waals surface area contributed by atoms with Gasteiger partial charge in [0.05, 0.1) is 18.9 Å². The summed E-state index contributed by atoms with van der Waals surface area (Å²) >= 11 is 0. The molecule has 0 N–H and O–H groups in total. The van der Waals surface area contributed by atoms with Crippen LogP contribution in [0.15, 0.2) is 61.4 Å². The Balaban J connectivity index is 1.51. The van der Waals surface area contributed by atoms with Gasteiger partial charge >= 0.3 is 0 Å². The molecular formula is C20H23N5O. The number of benzene rings is 1.